The maximum atomic E-state index is 11.8. The molecule has 1 aliphatic heterocycles. The molecule has 2 N–H and O–H groups in total. The zero-order chi connectivity index (χ0) is 12.3. The maximum absolute atomic E-state index is 11.8. The van der Waals surface area contributed by atoms with E-state index in [9.17, 15) is 9.59 Å². The Morgan fingerprint density at radius 3 is 2.76 bits per heavy atom. The van der Waals surface area contributed by atoms with Crippen LogP contribution < -0.4 is 10.7 Å². The number of carbonyl (C=O) groups excluding carboxylic acids is 2. The molecule has 0 aliphatic carbocycles. The summed E-state index contributed by atoms with van der Waals surface area (Å²) < 4.78 is 0. The van der Waals surface area contributed by atoms with Crippen molar-refractivity contribution in [3.05, 3.63) is 29.8 Å². The maximum Gasteiger partial charge on any atom is 0.271 e. The smallest absolute Gasteiger partial charge is 0.271 e. The van der Waals surface area contributed by atoms with Crippen molar-refractivity contribution in [3.63, 3.8) is 0 Å². The number of rotatable bonds is 2. The molecule has 0 atom stereocenters. The van der Waals surface area contributed by atoms with Gasteiger partial charge in [0.05, 0.1) is 0 Å². The van der Waals surface area contributed by atoms with E-state index in [-0.39, 0.29) is 11.8 Å². The number of para-hydroxylation sites is 1. The first-order valence-electron chi connectivity index (χ1n) is 5.39. The van der Waals surface area contributed by atoms with E-state index in [2.05, 4.69) is 15.8 Å². The summed E-state index contributed by atoms with van der Waals surface area (Å²) in [6.45, 7) is 1.92. The first kappa shape index (κ1) is 11.3. The summed E-state index contributed by atoms with van der Waals surface area (Å²) in [6, 6.07) is 7.51. The number of benzene rings is 1. The average molecular weight is 231 g/mol. The molecule has 0 spiro atoms. The summed E-state index contributed by atoms with van der Waals surface area (Å²) in [5, 5.41) is 6.52. The number of anilines is 1. The first-order valence-corrected chi connectivity index (χ1v) is 5.39. The van der Waals surface area contributed by atoms with Gasteiger partial charge in [0.25, 0.3) is 5.91 Å². The van der Waals surface area contributed by atoms with Gasteiger partial charge in [-0.3, -0.25) is 9.59 Å². The van der Waals surface area contributed by atoms with Gasteiger partial charge < -0.3 is 5.32 Å². The van der Waals surface area contributed by atoms with Crippen LogP contribution in [0.25, 0.3) is 0 Å². The van der Waals surface area contributed by atoms with Crippen LogP contribution in [-0.4, -0.2) is 17.5 Å². The summed E-state index contributed by atoms with van der Waals surface area (Å²) in [6.07, 6.45) is 0.684. The van der Waals surface area contributed by atoms with Crippen LogP contribution in [0.4, 0.5) is 5.69 Å². The van der Waals surface area contributed by atoms with E-state index in [1.807, 2.05) is 31.2 Å². The minimum atomic E-state index is -0.265. The summed E-state index contributed by atoms with van der Waals surface area (Å²) in [7, 11) is 0. The molecule has 2 rings (SSSR count). The van der Waals surface area contributed by atoms with Crippen molar-refractivity contribution < 1.29 is 9.59 Å². The lowest BCUT2D eigenvalue weighted by Gasteiger charge is -2.12. The van der Waals surface area contributed by atoms with Crippen LogP contribution in [0.5, 0.6) is 0 Å². The molecular weight excluding hydrogens is 218 g/mol. The summed E-state index contributed by atoms with van der Waals surface area (Å²) >= 11 is 0. The first-order chi connectivity index (χ1) is 8.16. The molecule has 17 heavy (non-hydrogen) atoms. The molecule has 0 bridgehead atoms. The second-order valence-corrected chi connectivity index (χ2v) is 3.86. The average Bonchev–Trinajstić information content (AvgIpc) is 2.33. The molecule has 0 unspecified atom stereocenters. The van der Waals surface area contributed by atoms with E-state index >= 15 is 0 Å². The largest absolute Gasteiger partial charge is 0.321 e. The van der Waals surface area contributed by atoms with E-state index < -0.39 is 0 Å². The number of nitrogens with one attached hydrogen (secondary N) is 2. The molecule has 1 aromatic carbocycles. The molecule has 0 radical (unpaired) electrons. The Kier molecular flexibility index (Phi) is 3.18. The number of aryl methyl sites for hydroxylation is 1. The van der Waals surface area contributed by atoms with Crippen molar-refractivity contribution in [1.82, 2.24) is 5.43 Å². The highest BCUT2D eigenvalue weighted by Crippen LogP contribution is 2.13. The second-order valence-electron chi connectivity index (χ2n) is 3.86. The van der Waals surface area contributed by atoms with E-state index in [1.54, 1.807) is 0 Å². The van der Waals surface area contributed by atoms with Crippen LogP contribution in [0.2, 0.25) is 0 Å². The van der Waals surface area contributed by atoms with Crippen molar-refractivity contribution in [3.8, 4) is 0 Å². The van der Waals surface area contributed by atoms with E-state index in [1.165, 1.54) is 0 Å². The Morgan fingerprint density at radius 2 is 2.12 bits per heavy atom. The number of nitrogens with zero attached hydrogens (tertiary/aromatic N) is 1. The fourth-order valence-electron chi connectivity index (χ4n) is 1.55. The molecular formula is C12H13N3O2. The Bertz CT molecular complexity index is 494. The highest BCUT2D eigenvalue weighted by atomic mass is 16.2. The van der Waals surface area contributed by atoms with E-state index in [4.69, 9.17) is 0 Å². The lowest BCUT2D eigenvalue weighted by molar-refractivity contribution is -0.121. The topological polar surface area (TPSA) is 70.6 Å². The highest BCUT2D eigenvalue weighted by molar-refractivity contribution is 6.43. The van der Waals surface area contributed by atoms with Gasteiger partial charge in [-0.2, -0.15) is 5.10 Å². The van der Waals surface area contributed by atoms with Crippen molar-refractivity contribution >= 4 is 23.2 Å². The molecule has 0 fully saturated rings. The lowest BCUT2D eigenvalue weighted by Crippen LogP contribution is -2.32. The highest BCUT2D eigenvalue weighted by Gasteiger charge is 2.18. The van der Waals surface area contributed by atoms with Crippen LogP contribution in [0.3, 0.4) is 0 Å². The second kappa shape index (κ2) is 4.78. The third-order valence-corrected chi connectivity index (χ3v) is 2.56. The fraction of sp³-hybridized carbons (Fsp3) is 0.250. The minimum Gasteiger partial charge on any atom is -0.321 e. The van der Waals surface area contributed by atoms with Gasteiger partial charge in [0.2, 0.25) is 5.91 Å². The predicted octanol–water partition coefficient (Wildman–Crippen LogP) is 1.20. The molecule has 1 heterocycles. The quantitative estimate of drug-likeness (QED) is 0.802. The van der Waals surface area contributed by atoms with Gasteiger partial charge in [-0.1, -0.05) is 18.2 Å². The van der Waals surface area contributed by atoms with Crippen molar-refractivity contribution in [1.29, 1.82) is 0 Å². The van der Waals surface area contributed by atoms with Gasteiger partial charge in [0, 0.05) is 18.5 Å². The van der Waals surface area contributed by atoms with Gasteiger partial charge in [0.15, 0.2) is 0 Å². The number of hydrogen-bond acceptors (Lipinski definition) is 3. The molecule has 2 amide bonds. The van der Waals surface area contributed by atoms with Crippen molar-refractivity contribution in [2.75, 3.05) is 5.32 Å². The summed E-state index contributed by atoms with van der Waals surface area (Å²) in [5.74, 6) is -0.420. The molecule has 5 nitrogen and oxygen atoms in total. The Labute approximate surface area is 98.9 Å². The number of hydrazone groups is 1. The van der Waals surface area contributed by atoms with Gasteiger partial charge in [-0.05, 0) is 18.6 Å². The fourth-order valence-corrected chi connectivity index (χ4v) is 1.55. The molecule has 0 aromatic heterocycles. The third kappa shape index (κ3) is 2.69. The Hall–Kier alpha value is -2.17. The molecule has 5 heteroatoms. The lowest BCUT2D eigenvalue weighted by atomic mass is 10.1. The Balaban J connectivity index is 2.07. The van der Waals surface area contributed by atoms with Crippen LogP contribution in [0.1, 0.15) is 18.4 Å². The molecule has 88 valence electrons. The van der Waals surface area contributed by atoms with Crippen LogP contribution in [0, 0.1) is 6.92 Å². The molecule has 0 saturated heterocycles. The Morgan fingerprint density at radius 1 is 1.35 bits per heavy atom. The van der Waals surface area contributed by atoms with Gasteiger partial charge >= 0.3 is 0 Å². The SMILES string of the molecule is Cc1ccccc1NC(=O)C1=NNC(=O)CC1. The normalized spacial score (nSPS) is 14.9. The van der Waals surface area contributed by atoms with Crippen molar-refractivity contribution in [2.45, 2.75) is 19.8 Å². The van der Waals surface area contributed by atoms with Crippen LogP contribution >= 0.6 is 0 Å². The van der Waals surface area contributed by atoms with Gasteiger partial charge in [0.1, 0.15) is 5.71 Å². The van der Waals surface area contributed by atoms with Gasteiger partial charge in [-0.15, -0.1) is 0 Å². The zero-order valence-corrected chi connectivity index (χ0v) is 9.49. The van der Waals surface area contributed by atoms with E-state index in [0.717, 1.165) is 11.3 Å². The zero-order valence-electron chi connectivity index (χ0n) is 9.49. The molecule has 1 aliphatic rings. The summed E-state index contributed by atoms with van der Waals surface area (Å²) in [5.41, 5.74) is 4.40. The minimum absolute atomic E-state index is 0.155. The standard InChI is InChI=1S/C12H13N3O2/c1-8-4-2-3-5-9(8)13-12(17)10-6-7-11(16)15-14-10/h2-5H,6-7H2,1H3,(H,13,17)(H,15,16). The number of carbonyl (C=O) groups is 2. The third-order valence-electron chi connectivity index (χ3n) is 2.56. The number of amides is 2. The summed E-state index contributed by atoms with van der Waals surface area (Å²) in [4.78, 5) is 22.7. The van der Waals surface area contributed by atoms with Crippen LogP contribution in [-0.2, 0) is 9.59 Å². The predicted molar refractivity (Wildman–Crippen MR) is 64.6 cm³/mol. The van der Waals surface area contributed by atoms with Gasteiger partial charge in [-0.25, -0.2) is 5.43 Å². The monoisotopic (exact) mass is 231 g/mol. The molecule has 1 aromatic rings. The number of hydrogen-bond donors (Lipinski definition) is 2. The van der Waals surface area contributed by atoms with Crippen LogP contribution in [0.15, 0.2) is 29.4 Å². The van der Waals surface area contributed by atoms with E-state index in [0.29, 0.717) is 18.6 Å². The van der Waals surface area contributed by atoms with Crippen molar-refractivity contribution in [2.24, 2.45) is 5.10 Å². The molecule has 0 saturated carbocycles.